The number of aromatic nitrogens is 1. The van der Waals surface area contributed by atoms with E-state index in [-0.39, 0.29) is 3.57 Å². The highest BCUT2D eigenvalue weighted by Crippen LogP contribution is 2.35. The van der Waals surface area contributed by atoms with Crippen molar-refractivity contribution in [3.63, 3.8) is 0 Å². The van der Waals surface area contributed by atoms with E-state index in [2.05, 4.69) is 9.72 Å². The Hall–Kier alpha value is -0.710. The predicted molar refractivity (Wildman–Crippen MR) is 54.5 cm³/mol. The van der Waals surface area contributed by atoms with E-state index in [0.29, 0.717) is 0 Å². The van der Waals surface area contributed by atoms with Crippen LogP contribution in [0.5, 0.6) is 5.75 Å². The van der Waals surface area contributed by atoms with Gasteiger partial charge in [-0.2, -0.15) is 0 Å². The Morgan fingerprint density at radius 1 is 1.41 bits per heavy atom. The molecule has 0 radical (unpaired) electrons. The van der Waals surface area contributed by atoms with Crippen molar-refractivity contribution >= 4 is 22.6 Å². The molecule has 0 aliphatic rings. The topological polar surface area (TPSA) is 42.4 Å². The van der Waals surface area contributed by atoms with Crippen molar-refractivity contribution in [1.82, 2.24) is 4.98 Å². The average molecular weight is 369 g/mol. The standard InChI is InChI=1S/C8H5F5INO2/c9-7(10)5-3(2-16)6(4(14)1-15-5)17-8(11,12)13/h1,7,16H,2H2. The summed E-state index contributed by atoms with van der Waals surface area (Å²) < 4.78 is 64.5. The molecule has 1 heterocycles. The second kappa shape index (κ2) is 5.29. The number of aliphatic hydroxyl groups excluding tert-OH is 1. The van der Waals surface area contributed by atoms with Crippen LogP contribution in [-0.2, 0) is 6.61 Å². The third-order valence-electron chi connectivity index (χ3n) is 1.70. The zero-order chi connectivity index (χ0) is 13.2. The van der Waals surface area contributed by atoms with Crippen molar-refractivity contribution in [2.45, 2.75) is 19.4 Å². The van der Waals surface area contributed by atoms with Crippen LogP contribution in [0.15, 0.2) is 6.20 Å². The lowest BCUT2D eigenvalue weighted by atomic mass is 10.2. The number of rotatable bonds is 3. The molecule has 0 unspecified atom stereocenters. The minimum absolute atomic E-state index is 0.117. The van der Waals surface area contributed by atoms with E-state index in [0.717, 1.165) is 6.20 Å². The van der Waals surface area contributed by atoms with Crippen LogP contribution in [0, 0.1) is 3.57 Å². The van der Waals surface area contributed by atoms with Crippen LogP contribution in [-0.4, -0.2) is 16.5 Å². The van der Waals surface area contributed by atoms with E-state index >= 15 is 0 Å². The molecule has 0 fully saturated rings. The minimum Gasteiger partial charge on any atom is -0.404 e. The van der Waals surface area contributed by atoms with Crippen molar-refractivity contribution in [2.24, 2.45) is 0 Å². The molecule has 1 N–H and O–H groups in total. The molecule has 1 rings (SSSR count). The minimum atomic E-state index is -5.02. The van der Waals surface area contributed by atoms with Crippen LogP contribution in [0.25, 0.3) is 0 Å². The largest absolute Gasteiger partial charge is 0.573 e. The number of hydrogen-bond donors (Lipinski definition) is 1. The monoisotopic (exact) mass is 369 g/mol. The zero-order valence-electron chi connectivity index (χ0n) is 7.93. The molecule has 0 amide bonds. The summed E-state index contributed by atoms with van der Waals surface area (Å²) in [7, 11) is 0. The Morgan fingerprint density at radius 3 is 2.41 bits per heavy atom. The highest BCUT2D eigenvalue weighted by Gasteiger charge is 2.34. The molecule has 1 aromatic rings. The van der Waals surface area contributed by atoms with E-state index in [1.165, 1.54) is 22.6 Å². The van der Waals surface area contributed by atoms with Gasteiger partial charge in [0.05, 0.1) is 10.2 Å². The lowest BCUT2D eigenvalue weighted by molar-refractivity contribution is -0.275. The number of ether oxygens (including phenoxy) is 1. The number of pyridine rings is 1. The van der Waals surface area contributed by atoms with E-state index in [9.17, 15) is 22.0 Å². The van der Waals surface area contributed by atoms with Crippen molar-refractivity contribution in [1.29, 1.82) is 0 Å². The molecule has 0 atom stereocenters. The lowest BCUT2D eigenvalue weighted by Crippen LogP contribution is -2.20. The van der Waals surface area contributed by atoms with Crippen LogP contribution >= 0.6 is 22.6 Å². The molecular weight excluding hydrogens is 364 g/mol. The van der Waals surface area contributed by atoms with Gasteiger partial charge in [0.1, 0.15) is 5.69 Å². The molecule has 3 nitrogen and oxygen atoms in total. The summed E-state index contributed by atoms with van der Waals surface area (Å²) in [5.74, 6) is -0.842. The Labute approximate surface area is 106 Å². The maximum atomic E-state index is 12.4. The first-order valence-electron chi connectivity index (χ1n) is 4.08. The van der Waals surface area contributed by atoms with Gasteiger partial charge in [0.15, 0.2) is 5.75 Å². The number of alkyl halides is 5. The smallest absolute Gasteiger partial charge is 0.404 e. The van der Waals surface area contributed by atoms with Crippen LogP contribution in [0.3, 0.4) is 0 Å². The molecule has 96 valence electrons. The highest BCUT2D eigenvalue weighted by atomic mass is 127. The van der Waals surface area contributed by atoms with Gasteiger partial charge in [-0.3, -0.25) is 4.98 Å². The van der Waals surface area contributed by atoms with Gasteiger partial charge in [-0.15, -0.1) is 13.2 Å². The molecule has 0 aliphatic carbocycles. The summed E-state index contributed by atoms with van der Waals surface area (Å²) in [6.45, 7) is -1.02. The summed E-state index contributed by atoms with van der Waals surface area (Å²) in [6, 6.07) is 0. The molecule has 0 bridgehead atoms. The predicted octanol–water partition coefficient (Wildman–Crippen LogP) is 3.01. The van der Waals surface area contributed by atoms with Crippen molar-refractivity contribution in [3.8, 4) is 5.75 Å². The van der Waals surface area contributed by atoms with Crippen molar-refractivity contribution in [2.75, 3.05) is 0 Å². The maximum Gasteiger partial charge on any atom is 0.573 e. The van der Waals surface area contributed by atoms with Crippen LogP contribution in [0.4, 0.5) is 22.0 Å². The van der Waals surface area contributed by atoms with Crippen molar-refractivity contribution < 1.29 is 31.8 Å². The molecule has 0 spiro atoms. The van der Waals surface area contributed by atoms with Gasteiger partial charge in [-0.25, -0.2) is 8.78 Å². The first kappa shape index (κ1) is 14.4. The van der Waals surface area contributed by atoms with Gasteiger partial charge in [0.25, 0.3) is 6.43 Å². The average Bonchev–Trinajstić information content (AvgIpc) is 2.18. The first-order chi connectivity index (χ1) is 7.76. The summed E-state index contributed by atoms with van der Waals surface area (Å²) in [4.78, 5) is 3.27. The van der Waals surface area contributed by atoms with E-state index < -0.39 is 36.4 Å². The molecular formula is C8H5F5INO2. The fourth-order valence-corrected chi connectivity index (χ4v) is 1.67. The highest BCUT2D eigenvalue weighted by molar-refractivity contribution is 14.1. The van der Waals surface area contributed by atoms with Crippen LogP contribution in [0.1, 0.15) is 17.7 Å². The second-order valence-electron chi connectivity index (χ2n) is 2.81. The van der Waals surface area contributed by atoms with Crippen LogP contribution < -0.4 is 4.74 Å². The van der Waals surface area contributed by atoms with E-state index in [4.69, 9.17) is 5.11 Å². The third kappa shape index (κ3) is 3.63. The van der Waals surface area contributed by atoms with Gasteiger partial charge in [-0.1, -0.05) is 0 Å². The number of halogens is 6. The fraction of sp³-hybridized carbons (Fsp3) is 0.375. The van der Waals surface area contributed by atoms with E-state index in [1.54, 1.807) is 0 Å². The molecule has 0 aromatic carbocycles. The van der Waals surface area contributed by atoms with Crippen LogP contribution in [0.2, 0.25) is 0 Å². The molecule has 9 heteroatoms. The molecule has 1 aromatic heterocycles. The summed E-state index contributed by atoms with van der Waals surface area (Å²) >= 11 is 1.45. The summed E-state index contributed by atoms with van der Waals surface area (Å²) in [5.41, 5.74) is -1.59. The lowest BCUT2D eigenvalue weighted by Gasteiger charge is -2.15. The Kier molecular flexibility index (Phi) is 4.47. The molecule has 0 saturated heterocycles. The number of nitrogens with zero attached hydrogens (tertiary/aromatic N) is 1. The van der Waals surface area contributed by atoms with E-state index in [1.807, 2.05) is 0 Å². The zero-order valence-corrected chi connectivity index (χ0v) is 10.1. The SMILES string of the molecule is OCc1c(C(F)F)ncc(I)c1OC(F)(F)F. The Morgan fingerprint density at radius 2 is 2.00 bits per heavy atom. The van der Waals surface area contributed by atoms with Gasteiger partial charge in [0.2, 0.25) is 0 Å². The second-order valence-corrected chi connectivity index (χ2v) is 3.97. The summed E-state index contributed by atoms with van der Waals surface area (Å²) in [5, 5.41) is 8.85. The first-order valence-corrected chi connectivity index (χ1v) is 5.16. The van der Waals surface area contributed by atoms with Gasteiger partial charge in [0, 0.05) is 11.8 Å². The Bertz CT molecular complexity index is 410. The summed E-state index contributed by atoms with van der Waals surface area (Å²) in [6.07, 6.45) is -7.29. The van der Waals surface area contributed by atoms with Crippen molar-refractivity contribution in [3.05, 3.63) is 21.0 Å². The maximum absolute atomic E-state index is 12.4. The normalized spacial score (nSPS) is 12.0. The van der Waals surface area contributed by atoms with Gasteiger partial charge < -0.3 is 9.84 Å². The van der Waals surface area contributed by atoms with Gasteiger partial charge >= 0.3 is 6.36 Å². The molecule has 17 heavy (non-hydrogen) atoms. The molecule has 0 saturated carbocycles. The number of aliphatic hydroxyl groups is 1. The molecule has 0 aliphatic heterocycles. The fourth-order valence-electron chi connectivity index (χ4n) is 1.09. The van der Waals surface area contributed by atoms with Gasteiger partial charge in [-0.05, 0) is 22.6 Å². The quantitative estimate of drug-likeness (QED) is 0.658. The third-order valence-corrected chi connectivity index (χ3v) is 2.47. The Balaban J connectivity index is 3.30. The number of hydrogen-bond acceptors (Lipinski definition) is 3.